The van der Waals surface area contributed by atoms with Crippen LogP contribution in [0.25, 0.3) is 17.9 Å². The van der Waals surface area contributed by atoms with Gasteiger partial charge in [-0.05, 0) is 105 Å². The average Bonchev–Trinajstić information content (AvgIpc) is 3.86. The van der Waals surface area contributed by atoms with Gasteiger partial charge in [0.15, 0.2) is 0 Å². The molecule has 6 nitrogen and oxygen atoms in total. The number of aliphatic hydroxyl groups is 1. The van der Waals surface area contributed by atoms with Crippen LogP contribution in [-0.2, 0) is 6.42 Å². The zero-order valence-electron chi connectivity index (χ0n) is 25.7. The molecule has 222 valence electrons. The van der Waals surface area contributed by atoms with Gasteiger partial charge in [0.1, 0.15) is 5.76 Å². The number of aromatic nitrogens is 1. The molecule has 3 aromatic rings. The van der Waals surface area contributed by atoms with Crippen molar-refractivity contribution >= 4 is 35.0 Å². The van der Waals surface area contributed by atoms with Crippen LogP contribution in [0.2, 0.25) is 0 Å². The molecular weight excluding hydrogens is 554 g/mol. The van der Waals surface area contributed by atoms with E-state index >= 15 is 0 Å². The zero-order chi connectivity index (χ0) is 31.0. The Morgan fingerprint density at radius 2 is 1.31 bits per heavy atom. The van der Waals surface area contributed by atoms with Crippen molar-refractivity contribution in [3.63, 3.8) is 0 Å². The molecule has 45 heavy (non-hydrogen) atoms. The van der Waals surface area contributed by atoms with Crippen molar-refractivity contribution < 1.29 is 5.11 Å². The molecule has 7 rings (SSSR count). The zero-order valence-corrected chi connectivity index (χ0v) is 25.7. The standard InChI is InChI=1S/C39H35N5O/c1-4-39(44(2)3,25-26-8-6-5-7-9-26)38(45)28-12-10-27(11-13-28)36-23-35-22-33-17-16-31(41-33)20-29-14-15-30(40-29)21-32-18-19-34(42-32)24-37(36)43-35/h5-24,43,45H,4,25H2,1-3H3. The van der Waals surface area contributed by atoms with Crippen molar-refractivity contribution in [2.75, 3.05) is 14.1 Å². The highest BCUT2D eigenvalue weighted by Gasteiger charge is 2.36. The third-order valence-electron chi connectivity index (χ3n) is 8.80. The lowest BCUT2D eigenvalue weighted by molar-refractivity contribution is 0.170. The third-order valence-corrected chi connectivity index (χ3v) is 8.80. The summed E-state index contributed by atoms with van der Waals surface area (Å²) in [6.45, 7) is 2.13. The van der Waals surface area contributed by atoms with Crippen LogP contribution in [0.5, 0.6) is 0 Å². The van der Waals surface area contributed by atoms with Gasteiger partial charge >= 0.3 is 0 Å². The van der Waals surface area contributed by atoms with E-state index in [0.717, 1.165) is 67.3 Å². The lowest BCUT2D eigenvalue weighted by atomic mass is 9.84. The molecule has 2 N–H and O–H groups in total. The lowest BCUT2D eigenvalue weighted by Crippen LogP contribution is -2.48. The van der Waals surface area contributed by atoms with E-state index in [0.29, 0.717) is 12.2 Å². The van der Waals surface area contributed by atoms with Crippen molar-refractivity contribution in [1.82, 2.24) is 9.88 Å². The quantitative estimate of drug-likeness (QED) is 0.392. The van der Waals surface area contributed by atoms with Gasteiger partial charge in [0.2, 0.25) is 0 Å². The Hall–Kier alpha value is -5.33. The molecule has 0 aliphatic carbocycles. The summed E-state index contributed by atoms with van der Waals surface area (Å²) in [7, 11) is 4.08. The average molecular weight is 590 g/mol. The minimum Gasteiger partial charge on any atom is -0.510 e. The van der Waals surface area contributed by atoms with Gasteiger partial charge in [-0.3, -0.25) is 4.90 Å². The number of nitrogens with zero attached hydrogens (tertiary/aromatic N) is 4. The molecule has 4 aliphatic rings. The van der Waals surface area contributed by atoms with Gasteiger partial charge < -0.3 is 10.1 Å². The summed E-state index contributed by atoms with van der Waals surface area (Å²) >= 11 is 0. The van der Waals surface area contributed by atoms with Crippen LogP contribution >= 0.6 is 0 Å². The molecule has 4 aliphatic heterocycles. The maximum Gasteiger partial charge on any atom is 0.120 e. The fraction of sp³-hybridized carbons (Fsp3) is 0.154. The summed E-state index contributed by atoms with van der Waals surface area (Å²) in [6.07, 6.45) is 21.6. The maximum absolute atomic E-state index is 11.8. The Balaban J connectivity index is 1.38. The minimum atomic E-state index is -0.528. The molecular formula is C39H35N5O. The monoisotopic (exact) mass is 589 g/mol. The van der Waals surface area contributed by atoms with Crippen molar-refractivity contribution in [2.45, 2.75) is 25.3 Å². The van der Waals surface area contributed by atoms with Gasteiger partial charge in [-0.2, -0.15) is 0 Å². The highest BCUT2D eigenvalue weighted by molar-refractivity contribution is 6.20. The van der Waals surface area contributed by atoms with Gasteiger partial charge in [0.05, 0.1) is 39.8 Å². The lowest BCUT2D eigenvalue weighted by Gasteiger charge is -2.39. The van der Waals surface area contributed by atoms with Crippen molar-refractivity contribution in [2.24, 2.45) is 15.0 Å². The second kappa shape index (κ2) is 11.6. The molecule has 5 heterocycles. The number of hydrogen-bond donors (Lipinski definition) is 2. The summed E-state index contributed by atoms with van der Waals surface area (Å²) < 4.78 is 0. The van der Waals surface area contributed by atoms with Crippen molar-refractivity contribution in [3.8, 4) is 0 Å². The predicted octanol–water partition coefficient (Wildman–Crippen LogP) is 5.86. The van der Waals surface area contributed by atoms with E-state index in [-0.39, 0.29) is 0 Å². The van der Waals surface area contributed by atoms with Gasteiger partial charge in [0, 0.05) is 21.5 Å². The van der Waals surface area contributed by atoms with Crippen LogP contribution in [0.4, 0.5) is 0 Å². The number of benzene rings is 2. The molecule has 0 spiro atoms. The molecule has 0 fully saturated rings. The summed E-state index contributed by atoms with van der Waals surface area (Å²) in [5.41, 5.74) is 6.79. The van der Waals surface area contributed by atoms with Gasteiger partial charge in [-0.25, -0.2) is 15.0 Å². The largest absolute Gasteiger partial charge is 0.510 e. The molecule has 1 atom stereocenters. The molecule has 8 bridgehead atoms. The smallest absolute Gasteiger partial charge is 0.120 e. The molecule has 1 aromatic heterocycles. The van der Waals surface area contributed by atoms with E-state index in [9.17, 15) is 5.11 Å². The van der Waals surface area contributed by atoms with Crippen molar-refractivity contribution in [3.05, 3.63) is 159 Å². The summed E-state index contributed by atoms with van der Waals surface area (Å²) in [4.78, 5) is 20.0. The molecule has 0 saturated carbocycles. The van der Waals surface area contributed by atoms with Crippen LogP contribution in [0, 0.1) is 10.4 Å². The highest BCUT2D eigenvalue weighted by atomic mass is 16.3. The first-order chi connectivity index (χ1) is 21.9. The SMILES string of the molecule is CCC(Cc1ccccc1)(C(O)=c1ccc(=c2cc3[nH]c2=CC2=NC(=CC4=NC(=CC5=NC(=C3)C=C5)C=C4)C=C2)cc1)N(C)C. The normalized spacial score (nSPS) is 17.7. The van der Waals surface area contributed by atoms with E-state index < -0.39 is 5.54 Å². The second-order valence-electron chi connectivity index (χ2n) is 11.9. The van der Waals surface area contributed by atoms with Crippen LogP contribution in [-0.4, -0.2) is 51.8 Å². The summed E-state index contributed by atoms with van der Waals surface area (Å²) in [6, 6.07) is 20.7. The topological polar surface area (TPSA) is 76.3 Å². The Kier molecular flexibility index (Phi) is 7.35. The van der Waals surface area contributed by atoms with Crippen LogP contribution < -0.4 is 10.6 Å². The number of aromatic amines is 1. The predicted molar refractivity (Wildman–Crippen MR) is 185 cm³/mol. The first kappa shape index (κ1) is 28.4. The molecule has 0 saturated heterocycles. The Labute approximate surface area is 262 Å². The van der Waals surface area contributed by atoms with Crippen LogP contribution in [0.3, 0.4) is 0 Å². The number of allylic oxidation sites excluding steroid dienone is 8. The fourth-order valence-electron chi connectivity index (χ4n) is 6.27. The first-order valence-electron chi connectivity index (χ1n) is 15.3. The molecule has 1 unspecified atom stereocenters. The van der Waals surface area contributed by atoms with Crippen LogP contribution in [0.1, 0.15) is 24.6 Å². The molecule has 0 amide bonds. The molecule has 6 heteroatoms. The maximum atomic E-state index is 11.8. The Morgan fingerprint density at radius 3 is 1.89 bits per heavy atom. The number of nitrogens with one attached hydrogen (secondary N) is 1. The summed E-state index contributed by atoms with van der Waals surface area (Å²) in [5, 5.41) is 15.6. The fourth-order valence-corrected chi connectivity index (χ4v) is 6.27. The van der Waals surface area contributed by atoms with Gasteiger partial charge in [0.25, 0.3) is 0 Å². The van der Waals surface area contributed by atoms with E-state index in [4.69, 9.17) is 15.0 Å². The Bertz CT molecular complexity index is 2180. The number of aliphatic imine (C=N–C) groups is 3. The first-order valence-corrected chi connectivity index (χ1v) is 15.3. The number of fused-ring (bicyclic) bond motifs is 5. The van der Waals surface area contributed by atoms with E-state index in [1.54, 1.807) is 0 Å². The van der Waals surface area contributed by atoms with Crippen LogP contribution in [0.15, 0.2) is 141 Å². The van der Waals surface area contributed by atoms with Crippen molar-refractivity contribution in [1.29, 1.82) is 0 Å². The van der Waals surface area contributed by atoms with Gasteiger partial charge in [-0.15, -0.1) is 0 Å². The molecule has 0 radical (unpaired) electrons. The van der Waals surface area contributed by atoms with Gasteiger partial charge in [-0.1, -0.05) is 61.5 Å². The van der Waals surface area contributed by atoms with E-state index in [1.165, 1.54) is 5.56 Å². The Morgan fingerprint density at radius 1 is 0.733 bits per heavy atom. The van der Waals surface area contributed by atoms with E-state index in [1.807, 2.05) is 80.9 Å². The number of hydrogen-bond acceptors (Lipinski definition) is 5. The third kappa shape index (κ3) is 5.68. The van der Waals surface area contributed by atoms with E-state index in [2.05, 4.69) is 71.4 Å². The molecule has 2 aromatic carbocycles. The highest BCUT2D eigenvalue weighted by Crippen LogP contribution is 2.30. The summed E-state index contributed by atoms with van der Waals surface area (Å²) in [5.74, 6) is 0.378. The number of likely N-dealkylation sites (N-methyl/N-ethyl adjacent to an activating group) is 1. The second-order valence-corrected chi connectivity index (χ2v) is 11.9. The number of H-pyrrole nitrogens is 1. The minimum absolute atomic E-state index is 0.378. The number of rotatable bonds is 5. The number of aliphatic hydroxyl groups excluding tert-OH is 1.